The fourth-order valence-corrected chi connectivity index (χ4v) is 4.24. The lowest BCUT2D eigenvalue weighted by atomic mass is 10.2. The first-order valence-corrected chi connectivity index (χ1v) is 10.9. The first-order chi connectivity index (χ1) is 15.6. The smallest absolute Gasteiger partial charge is 0.417 e. The molecule has 13 heteroatoms. The van der Waals surface area contributed by atoms with E-state index in [0.29, 0.717) is 17.3 Å². The summed E-state index contributed by atoms with van der Waals surface area (Å²) in [5.74, 6) is -0.120. The van der Waals surface area contributed by atoms with Crippen LogP contribution in [0.15, 0.2) is 65.6 Å². The van der Waals surface area contributed by atoms with Crippen LogP contribution in [0.2, 0.25) is 0 Å². The fourth-order valence-electron chi connectivity index (χ4n) is 3.00. The van der Waals surface area contributed by atoms with E-state index in [-0.39, 0.29) is 24.9 Å². The van der Waals surface area contributed by atoms with E-state index in [1.807, 2.05) is 0 Å². The average Bonchev–Trinajstić information content (AvgIpc) is 3.19. The standard InChI is InChI=1S/C20H15F4N5O3S/c21-14-5-3-4-13(12-14)19-27-26-17-8-9-18(28-29(17)19)32-11-10-25-33(30,31)16-7-2-1-6-15(16)20(22,23)24/h1-9,12,25H,10-11H2. The maximum Gasteiger partial charge on any atom is 0.417 e. The van der Waals surface area contributed by atoms with Gasteiger partial charge in [0.1, 0.15) is 12.4 Å². The predicted molar refractivity (Wildman–Crippen MR) is 108 cm³/mol. The minimum absolute atomic E-state index is 0.0786. The predicted octanol–water partition coefficient (Wildman–Crippen LogP) is 3.31. The van der Waals surface area contributed by atoms with Gasteiger partial charge < -0.3 is 4.74 Å². The van der Waals surface area contributed by atoms with Gasteiger partial charge in [0.15, 0.2) is 11.5 Å². The molecule has 2 heterocycles. The van der Waals surface area contributed by atoms with Crippen LogP contribution in [-0.4, -0.2) is 41.4 Å². The lowest BCUT2D eigenvalue weighted by Gasteiger charge is -2.13. The molecule has 0 spiro atoms. The molecule has 0 atom stereocenters. The van der Waals surface area contributed by atoms with E-state index >= 15 is 0 Å². The molecule has 0 aliphatic rings. The molecule has 172 valence electrons. The van der Waals surface area contributed by atoms with E-state index < -0.39 is 32.5 Å². The van der Waals surface area contributed by atoms with Crippen molar-refractivity contribution in [3.8, 4) is 17.3 Å². The van der Waals surface area contributed by atoms with Crippen LogP contribution in [0.5, 0.6) is 5.88 Å². The maximum atomic E-state index is 13.5. The summed E-state index contributed by atoms with van der Waals surface area (Å²) in [6, 6.07) is 12.6. The van der Waals surface area contributed by atoms with Crippen LogP contribution in [0.3, 0.4) is 0 Å². The van der Waals surface area contributed by atoms with Gasteiger partial charge in [-0.05, 0) is 30.3 Å². The van der Waals surface area contributed by atoms with Gasteiger partial charge in [-0.2, -0.15) is 17.7 Å². The number of nitrogens with one attached hydrogen (secondary N) is 1. The summed E-state index contributed by atoms with van der Waals surface area (Å²) in [5.41, 5.74) is -0.461. The first kappa shape index (κ1) is 22.6. The Morgan fingerprint density at radius 2 is 1.79 bits per heavy atom. The van der Waals surface area contributed by atoms with Gasteiger partial charge in [0.05, 0.1) is 10.5 Å². The number of aromatic nitrogens is 4. The van der Waals surface area contributed by atoms with Crippen molar-refractivity contribution in [2.45, 2.75) is 11.1 Å². The van der Waals surface area contributed by atoms with Crippen LogP contribution in [-0.2, 0) is 16.2 Å². The molecule has 2 aromatic heterocycles. The lowest BCUT2D eigenvalue weighted by molar-refractivity contribution is -0.139. The third-order valence-electron chi connectivity index (χ3n) is 4.45. The Hall–Kier alpha value is -3.58. The Balaban J connectivity index is 1.45. The molecule has 0 amide bonds. The molecule has 0 saturated heterocycles. The number of benzene rings is 2. The van der Waals surface area contributed by atoms with E-state index in [2.05, 4.69) is 20.0 Å². The Morgan fingerprint density at radius 1 is 1.00 bits per heavy atom. The molecule has 1 N–H and O–H groups in total. The molecule has 2 aromatic carbocycles. The van der Waals surface area contributed by atoms with Crippen molar-refractivity contribution >= 4 is 15.7 Å². The molecular formula is C20H15F4N5O3S. The van der Waals surface area contributed by atoms with Crippen molar-refractivity contribution in [3.63, 3.8) is 0 Å². The van der Waals surface area contributed by atoms with Crippen molar-refractivity contribution in [2.24, 2.45) is 0 Å². The zero-order valence-electron chi connectivity index (χ0n) is 16.6. The van der Waals surface area contributed by atoms with Crippen LogP contribution in [0, 0.1) is 5.82 Å². The van der Waals surface area contributed by atoms with E-state index in [1.54, 1.807) is 12.1 Å². The summed E-state index contributed by atoms with van der Waals surface area (Å²) >= 11 is 0. The molecule has 0 radical (unpaired) electrons. The number of rotatable bonds is 7. The number of hydrogen-bond donors (Lipinski definition) is 1. The van der Waals surface area contributed by atoms with Gasteiger partial charge in [-0.25, -0.2) is 17.5 Å². The number of halogens is 4. The van der Waals surface area contributed by atoms with Crippen LogP contribution in [0.25, 0.3) is 17.0 Å². The third kappa shape index (κ3) is 4.93. The van der Waals surface area contributed by atoms with Gasteiger partial charge in [0, 0.05) is 18.2 Å². The Morgan fingerprint density at radius 3 is 2.55 bits per heavy atom. The van der Waals surface area contributed by atoms with Crippen LogP contribution in [0.4, 0.5) is 17.6 Å². The zero-order valence-corrected chi connectivity index (χ0v) is 17.4. The van der Waals surface area contributed by atoms with E-state index in [9.17, 15) is 26.0 Å². The van der Waals surface area contributed by atoms with Crippen molar-refractivity contribution in [2.75, 3.05) is 13.2 Å². The van der Waals surface area contributed by atoms with Crippen LogP contribution >= 0.6 is 0 Å². The molecule has 8 nitrogen and oxygen atoms in total. The minimum Gasteiger partial charge on any atom is -0.475 e. The second kappa shape index (κ2) is 8.75. The van der Waals surface area contributed by atoms with Crippen molar-refractivity contribution in [1.82, 2.24) is 24.5 Å². The Kier molecular flexibility index (Phi) is 5.99. The van der Waals surface area contributed by atoms with E-state index in [4.69, 9.17) is 4.74 Å². The Labute approximate surface area is 184 Å². The lowest BCUT2D eigenvalue weighted by Crippen LogP contribution is -2.30. The van der Waals surface area contributed by atoms with E-state index in [0.717, 1.165) is 12.1 Å². The molecule has 0 aliphatic carbocycles. The minimum atomic E-state index is -4.82. The summed E-state index contributed by atoms with van der Waals surface area (Å²) in [7, 11) is -4.43. The van der Waals surface area contributed by atoms with Gasteiger partial charge >= 0.3 is 6.18 Å². The number of nitrogens with zero attached hydrogens (tertiary/aromatic N) is 4. The second-order valence-electron chi connectivity index (χ2n) is 6.72. The van der Waals surface area contributed by atoms with Crippen molar-refractivity contribution < 1.29 is 30.7 Å². The van der Waals surface area contributed by atoms with Crippen molar-refractivity contribution in [1.29, 1.82) is 0 Å². The zero-order chi connectivity index (χ0) is 23.6. The molecule has 0 bridgehead atoms. The SMILES string of the molecule is O=S(=O)(NCCOc1ccc2nnc(-c3cccc(F)c3)n2n1)c1ccccc1C(F)(F)F. The van der Waals surface area contributed by atoms with Crippen LogP contribution in [0.1, 0.15) is 5.56 Å². The van der Waals surface area contributed by atoms with Crippen molar-refractivity contribution in [3.05, 3.63) is 72.0 Å². The van der Waals surface area contributed by atoms with E-state index in [1.165, 1.54) is 34.8 Å². The molecule has 4 aromatic rings. The van der Waals surface area contributed by atoms with Gasteiger partial charge in [-0.15, -0.1) is 15.3 Å². The molecule has 0 unspecified atom stereocenters. The highest BCUT2D eigenvalue weighted by Crippen LogP contribution is 2.33. The van der Waals surface area contributed by atoms with Gasteiger partial charge in [0.25, 0.3) is 0 Å². The summed E-state index contributed by atoms with van der Waals surface area (Å²) in [4.78, 5) is -0.874. The third-order valence-corrected chi connectivity index (χ3v) is 5.97. The summed E-state index contributed by atoms with van der Waals surface area (Å²) in [6.45, 7) is -0.531. The summed E-state index contributed by atoms with van der Waals surface area (Å²) in [6.07, 6.45) is -4.82. The number of sulfonamides is 1. The normalized spacial score (nSPS) is 12.2. The van der Waals surface area contributed by atoms with Gasteiger partial charge in [0.2, 0.25) is 15.9 Å². The summed E-state index contributed by atoms with van der Waals surface area (Å²) < 4.78 is 86.4. The number of alkyl halides is 3. The molecule has 0 fully saturated rings. The molecule has 0 aliphatic heterocycles. The quantitative estimate of drug-likeness (QED) is 0.321. The molecule has 4 rings (SSSR count). The largest absolute Gasteiger partial charge is 0.475 e. The first-order valence-electron chi connectivity index (χ1n) is 9.42. The maximum absolute atomic E-state index is 13.5. The molecule has 33 heavy (non-hydrogen) atoms. The number of ether oxygens (including phenoxy) is 1. The second-order valence-corrected chi connectivity index (χ2v) is 8.45. The highest BCUT2D eigenvalue weighted by molar-refractivity contribution is 7.89. The van der Waals surface area contributed by atoms with Gasteiger partial charge in [-0.1, -0.05) is 24.3 Å². The average molecular weight is 481 g/mol. The fraction of sp³-hybridized carbons (Fsp3) is 0.150. The number of fused-ring (bicyclic) bond motifs is 1. The van der Waals surface area contributed by atoms with Gasteiger partial charge in [-0.3, -0.25) is 0 Å². The highest BCUT2D eigenvalue weighted by atomic mass is 32.2. The molecule has 0 saturated carbocycles. The monoisotopic (exact) mass is 481 g/mol. The number of hydrogen-bond acceptors (Lipinski definition) is 6. The Bertz CT molecular complexity index is 1410. The highest BCUT2D eigenvalue weighted by Gasteiger charge is 2.36. The molecular weight excluding hydrogens is 466 g/mol. The van der Waals surface area contributed by atoms with Crippen LogP contribution < -0.4 is 9.46 Å². The summed E-state index contributed by atoms with van der Waals surface area (Å²) in [5, 5.41) is 12.1. The topological polar surface area (TPSA) is 98.5 Å².